The van der Waals surface area contributed by atoms with Crippen LogP contribution in [0.5, 0.6) is 5.75 Å². The van der Waals surface area contributed by atoms with Crippen molar-refractivity contribution in [2.24, 2.45) is 5.73 Å². The molecule has 4 aromatic rings. The fourth-order valence-corrected chi connectivity index (χ4v) is 4.13. The minimum Gasteiger partial charge on any atom is -0.508 e. The summed E-state index contributed by atoms with van der Waals surface area (Å²) in [6.45, 7) is 4.06. The number of hydrogen-bond acceptors (Lipinski definition) is 6. The lowest BCUT2D eigenvalue weighted by molar-refractivity contribution is 0.0788. The van der Waals surface area contributed by atoms with E-state index in [0.29, 0.717) is 51.9 Å². The van der Waals surface area contributed by atoms with Crippen LogP contribution in [0.3, 0.4) is 0 Å². The second-order valence-corrected chi connectivity index (χ2v) is 8.86. The maximum Gasteiger partial charge on any atom is 0.256 e. The number of carbonyl (C=O) groups excluding carboxylic acids is 1. The molecule has 1 amide bonds. The topological polar surface area (TPSA) is 116 Å². The highest BCUT2D eigenvalue weighted by atomic mass is 19.1. The van der Waals surface area contributed by atoms with Crippen LogP contribution in [0.15, 0.2) is 54.7 Å². The van der Waals surface area contributed by atoms with E-state index in [1.54, 1.807) is 44.4 Å². The monoisotopic (exact) mass is 483 g/mol. The average Bonchev–Trinajstić information content (AvgIpc) is 2.86. The number of nitriles is 1. The molecule has 0 spiro atoms. The third-order valence-electron chi connectivity index (χ3n) is 6.00. The fraction of sp³-hybridized carbons (Fsp3) is 0.214. The summed E-state index contributed by atoms with van der Waals surface area (Å²) in [6.07, 6.45) is 2.26. The Bertz CT molecular complexity index is 1490. The zero-order valence-corrected chi connectivity index (χ0v) is 20.3. The Morgan fingerprint density at radius 2 is 1.97 bits per heavy atom. The minimum atomic E-state index is -0.421. The van der Waals surface area contributed by atoms with Crippen molar-refractivity contribution in [3.05, 3.63) is 77.2 Å². The molecule has 0 saturated heterocycles. The molecular formula is C28H26FN5O2. The van der Waals surface area contributed by atoms with Crippen molar-refractivity contribution in [3.63, 3.8) is 0 Å². The quantitative estimate of drug-likeness (QED) is 0.407. The van der Waals surface area contributed by atoms with Crippen molar-refractivity contribution in [2.45, 2.75) is 26.3 Å². The first-order valence-electron chi connectivity index (χ1n) is 11.5. The lowest BCUT2D eigenvalue weighted by atomic mass is 9.97. The third kappa shape index (κ3) is 5.02. The number of nitrogens with two attached hydrogens (primary N) is 1. The summed E-state index contributed by atoms with van der Waals surface area (Å²) < 4.78 is 14.3. The lowest BCUT2D eigenvalue weighted by Crippen LogP contribution is -2.38. The number of carbonyl (C=O) groups is 1. The average molecular weight is 484 g/mol. The molecular weight excluding hydrogens is 457 g/mol. The van der Waals surface area contributed by atoms with Gasteiger partial charge in [0.2, 0.25) is 0 Å². The van der Waals surface area contributed by atoms with Crippen LogP contribution in [0.25, 0.3) is 33.4 Å². The predicted molar refractivity (Wildman–Crippen MR) is 137 cm³/mol. The number of amides is 1. The van der Waals surface area contributed by atoms with Crippen molar-refractivity contribution in [3.8, 4) is 34.2 Å². The van der Waals surface area contributed by atoms with Crippen LogP contribution in [-0.2, 0) is 0 Å². The predicted octanol–water partition coefficient (Wildman–Crippen LogP) is 4.80. The van der Waals surface area contributed by atoms with Crippen LogP contribution in [0.4, 0.5) is 4.39 Å². The van der Waals surface area contributed by atoms with E-state index in [0.717, 1.165) is 0 Å². The van der Waals surface area contributed by atoms with Crippen LogP contribution in [0.2, 0.25) is 0 Å². The molecule has 2 heterocycles. The Morgan fingerprint density at radius 3 is 2.67 bits per heavy atom. The molecule has 4 rings (SSSR count). The molecule has 182 valence electrons. The largest absolute Gasteiger partial charge is 0.508 e. The Kier molecular flexibility index (Phi) is 6.95. The number of hydrogen-bond donors (Lipinski definition) is 2. The number of aromatic hydroxyl groups is 1. The van der Waals surface area contributed by atoms with Gasteiger partial charge in [-0.2, -0.15) is 5.26 Å². The summed E-state index contributed by atoms with van der Waals surface area (Å²) in [5, 5.41) is 19.4. The van der Waals surface area contributed by atoms with Gasteiger partial charge in [-0.3, -0.25) is 9.78 Å². The van der Waals surface area contributed by atoms with Gasteiger partial charge in [0.25, 0.3) is 5.91 Å². The number of nitrogens with zero attached hydrogens (tertiary/aromatic N) is 4. The van der Waals surface area contributed by atoms with Gasteiger partial charge >= 0.3 is 0 Å². The van der Waals surface area contributed by atoms with E-state index in [1.165, 1.54) is 29.2 Å². The highest BCUT2D eigenvalue weighted by molar-refractivity contribution is 6.10. The second kappa shape index (κ2) is 10.1. The third-order valence-corrected chi connectivity index (χ3v) is 6.00. The summed E-state index contributed by atoms with van der Waals surface area (Å²) in [5.74, 6) is -0.811. The van der Waals surface area contributed by atoms with Gasteiger partial charge in [-0.15, -0.1) is 0 Å². The van der Waals surface area contributed by atoms with Crippen molar-refractivity contribution >= 4 is 16.9 Å². The molecule has 3 N–H and O–H groups in total. The molecule has 0 aliphatic heterocycles. The zero-order valence-electron chi connectivity index (χ0n) is 20.3. The Morgan fingerprint density at radius 1 is 1.19 bits per heavy atom. The Labute approximate surface area is 208 Å². The standard InChI is InChI=1S/C28H26FN5O2/c1-4-21(31)15-34(3)28(36)26-23(18-7-16(2)8-20(29)11-18)14-32-25-6-5-24(33-27(25)26)19-9-17(13-30)10-22(35)12-19/h5-12,14,21,35H,4,15,31H2,1-3H3/t21-/m0/s1. The first kappa shape index (κ1) is 24.8. The van der Waals surface area contributed by atoms with Gasteiger partial charge in [0.15, 0.2) is 0 Å². The highest BCUT2D eigenvalue weighted by Crippen LogP contribution is 2.32. The number of pyridine rings is 2. The van der Waals surface area contributed by atoms with Gasteiger partial charge in [-0.05, 0) is 66.9 Å². The van der Waals surface area contributed by atoms with Crippen molar-refractivity contribution in [1.29, 1.82) is 5.26 Å². The molecule has 0 unspecified atom stereocenters. The summed E-state index contributed by atoms with van der Waals surface area (Å²) in [7, 11) is 1.67. The molecule has 0 saturated carbocycles. The number of aromatic nitrogens is 2. The van der Waals surface area contributed by atoms with Gasteiger partial charge < -0.3 is 15.7 Å². The van der Waals surface area contributed by atoms with E-state index >= 15 is 0 Å². The number of phenolic OH excluding ortho intramolecular Hbond substituents is 1. The summed E-state index contributed by atoms with van der Waals surface area (Å²) in [4.78, 5) is 24.6. The van der Waals surface area contributed by atoms with E-state index < -0.39 is 5.82 Å². The summed E-state index contributed by atoms with van der Waals surface area (Å²) in [5.41, 5.74) is 10.1. The van der Waals surface area contributed by atoms with Crippen LogP contribution >= 0.6 is 0 Å². The van der Waals surface area contributed by atoms with Gasteiger partial charge in [0.05, 0.1) is 28.4 Å². The molecule has 1 atom stereocenters. The number of aryl methyl sites for hydroxylation is 1. The SMILES string of the molecule is CC[C@H](N)CN(C)C(=O)c1c(-c2cc(C)cc(F)c2)cnc2ccc(-c3cc(O)cc(C#N)c3)nc12. The molecule has 2 aromatic carbocycles. The molecule has 0 radical (unpaired) electrons. The lowest BCUT2D eigenvalue weighted by Gasteiger charge is -2.23. The van der Waals surface area contributed by atoms with Crippen LogP contribution in [-0.4, -0.2) is 45.5 Å². The van der Waals surface area contributed by atoms with Crippen molar-refractivity contribution in [2.75, 3.05) is 13.6 Å². The minimum absolute atomic E-state index is 0.0716. The zero-order chi connectivity index (χ0) is 26.0. The van der Waals surface area contributed by atoms with Crippen molar-refractivity contribution < 1.29 is 14.3 Å². The fourth-order valence-electron chi connectivity index (χ4n) is 4.13. The van der Waals surface area contributed by atoms with Crippen molar-refractivity contribution in [1.82, 2.24) is 14.9 Å². The van der Waals surface area contributed by atoms with E-state index in [-0.39, 0.29) is 28.8 Å². The van der Waals surface area contributed by atoms with Gasteiger partial charge in [0, 0.05) is 37.0 Å². The second-order valence-electron chi connectivity index (χ2n) is 8.86. The summed E-state index contributed by atoms with van der Waals surface area (Å²) in [6, 6.07) is 14.3. The molecule has 0 fully saturated rings. The number of likely N-dealkylation sites (N-methyl/N-ethyl adjacent to an activating group) is 1. The molecule has 0 aliphatic carbocycles. The van der Waals surface area contributed by atoms with Crippen LogP contribution < -0.4 is 5.73 Å². The van der Waals surface area contributed by atoms with Gasteiger partial charge in [-0.25, -0.2) is 9.37 Å². The van der Waals surface area contributed by atoms with Gasteiger partial charge in [0.1, 0.15) is 17.1 Å². The maximum atomic E-state index is 14.3. The number of rotatable bonds is 6. The first-order chi connectivity index (χ1) is 17.2. The first-order valence-corrected chi connectivity index (χ1v) is 11.5. The number of phenols is 1. The normalized spacial score (nSPS) is 11.8. The molecule has 2 aromatic heterocycles. The summed E-state index contributed by atoms with van der Waals surface area (Å²) >= 11 is 0. The number of halogens is 1. The molecule has 36 heavy (non-hydrogen) atoms. The Hall–Kier alpha value is -4.35. The smallest absolute Gasteiger partial charge is 0.256 e. The Balaban J connectivity index is 1.98. The molecule has 8 heteroatoms. The number of fused-ring (bicyclic) bond motifs is 1. The van der Waals surface area contributed by atoms with E-state index in [9.17, 15) is 19.6 Å². The molecule has 0 bridgehead atoms. The van der Waals surface area contributed by atoms with E-state index in [1.807, 2.05) is 13.0 Å². The van der Waals surface area contributed by atoms with E-state index in [2.05, 4.69) is 4.98 Å². The van der Waals surface area contributed by atoms with Gasteiger partial charge in [-0.1, -0.05) is 13.0 Å². The van der Waals surface area contributed by atoms with Crippen LogP contribution in [0, 0.1) is 24.1 Å². The number of benzene rings is 2. The molecule has 0 aliphatic rings. The van der Waals surface area contributed by atoms with Crippen LogP contribution in [0.1, 0.15) is 34.8 Å². The van der Waals surface area contributed by atoms with E-state index in [4.69, 9.17) is 10.7 Å². The maximum absolute atomic E-state index is 14.3. The highest BCUT2D eigenvalue weighted by Gasteiger charge is 2.24. The molecule has 7 nitrogen and oxygen atoms in total.